The van der Waals surface area contributed by atoms with Crippen molar-refractivity contribution in [1.82, 2.24) is 90.7 Å². The zero-order chi connectivity index (χ0) is 92.3. The first-order chi connectivity index (χ1) is 60.8. The van der Waals surface area contributed by atoms with Crippen LogP contribution in [0.1, 0.15) is 195 Å². The van der Waals surface area contributed by atoms with E-state index in [0.717, 1.165) is 162 Å². The van der Waals surface area contributed by atoms with Gasteiger partial charge in [0, 0.05) is 64.9 Å². The Morgan fingerprint density at radius 2 is 0.789 bits per heavy atom. The van der Waals surface area contributed by atoms with Crippen molar-refractivity contribution in [2.75, 3.05) is 54.6 Å². The van der Waals surface area contributed by atoms with Gasteiger partial charge in [-0.1, -0.05) is 132 Å². The Morgan fingerprint density at radius 3 is 1.19 bits per heavy atom. The van der Waals surface area contributed by atoms with Gasteiger partial charge in [0.25, 0.3) is 0 Å². The molecule has 32 nitrogen and oxygen atoms in total. The van der Waals surface area contributed by atoms with Gasteiger partial charge in [0.05, 0.1) is 121 Å². The maximum Gasteiger partial charge on any atom is 0.494 e. The highest BCUT2D eigenvalue weighted by Gasteiger charge is 2.53. The molecule has 0 aliphatic carbocycles. The van der Waals surface area contributed by atoms with E-state index in [1.165, 1.54) is 28.4 Å². The van der Waals surface area contributed by atoms with Crippen LogP contribution in [0.15, 0.2) is 114 Å². The first kappa shape index (κ1) is 93.9. The number of hydrogen-bond donors (Lipinski definition) is 10. The second-order valence-corrected chi connectivity index (χ2v) is 37.5. The predicted octanol–water partition coefficient (Wildman–Crippen LogP) is 15.5. The maximum absolute atomic E-state index is 13.9. The highest BCUT2D eigenvalue weighted by atomic mass is 79.9. The van der Waals surface area contributed by atoms with E-state index in [4.69, 9.17) is 43.2 Å². The van der Waals surface area contributed by atoms with Crippen molar-refractivity contribution in [3.63, 3.8) is 0 Å². The SMILES string of the molecule is COC(=O)N[C@H](C(=O)N1CCC[C@@]1(C)c1ncc(-c2ccc(Br)c3c(C)c[nH]c23)[nH]1)C(C)C.COC(=O)N[C@H](C(=O)N1CCC[C@H]1c1ncc(-c2ccc(-c3ccc(-c4cnc([C@]5(C)CCCN5C(=O)[C@@H](NC(=O)OC)C(C)C)[nH]4)c4[nH]cc(C)c34)cc2)[nH]1)C(C)C.COC(=O)N[C@H](C(=O)N1CCC[C@H]1c1ncc(-c2ccc(B3OC(C)(C)C(C)(C)O3)cc2)[nH]1)C(C)C. The lowest BCUT2D eigenvalue weighted by Crippen LogP contribution is -2.55. The van der Waals surface area contributed by atoms with Crippen molar-refractivity contribution in [2.24, 2.45) is 23.7 Å². The topological polar surface area (TPSA) is 399 Å². The van der Waals surface area contributed by atoms with Crippen LogP contribution in [0, 0.1) is 37.5 Å². The number of carbonyl (C=O) groups excluding carboxylic acids is 8. The molecule has 0 bridgehead atoms. The third-order valence-electron chi connectivity index (χ3n) is 26.3. The number of aromatic amines is 6. The number of ether oxygens (including phenoxy) is 4. The largest absolute Gasteiger partial charge is 0.494 e. The summed E-state index contributed by atoms with van der Waals surface area (Å²) in [4.78, 5) is 149. The molecule has 0 spiro atoms. The molecule has 8 atom stereocenters. The molecule has 4 aromatic carbocycles. The van der Waals surface area contributed by atoms with E-state index < -0.39 is 66.7 Å². The number of amides is 8. The molecule has 10 N–H and O–H groups in total. The number of nitrogens with zero attached hydrogens (tertiary/aromatic N) is 8. The van der Waals surface area contributed by atoms with E-state index >= 15 is 0 Å². The summed E-state index contributed by atoms with van der Waals surface area (Å²) in [5.74, 6) is 1.93. The average molecular weight is 1820 g/mol. The number of fused-ring (bicyclic) bond motifs is 2. The van der Waals surface area contributed by atoms with Crippen LogP contribution < -0.4 is 26.7 Å². The summed E-state index contributed by atoms with van der Waals surface area (Å²) < 4.78 is 32.4. The highest BCUT2D eigenvalue weighted by molar-refractivity contribution is 9.10. The summed E-state index contributed by atoms with van der Waals surface area (Å²) in [6, 6.07) is 21.6. The lowest BCUT2D eigenvalue weighted by atomic mass is 9.79. The summed E-state index contributed by atoms with van der Waals surface area (Å²) in [5.41, 5.74) is 12.7. The molecule has 34 heteroatoms. The summed E-state index contributed by atoms with van der Waals surface area (Å²) in [6.45, 7) is 34.0. The fraction of sp³-hybridized carbons (Fsp3) is 0.489. The molecule has 11 heterocycles. The number of H-pyrrole nitrogens is 6. The minimum absolute atomic E-state index is 0.0764. The molecule has 8 amide bonds. The Kier molecular flexibility index (Phi) is 28.3. The molecular formula is C94H122BBrN18O14. The molecule has 15 rings (SSSR count). The summed E-state index contributed by atoms with van der Waals surface area (Å²) in [5, 5.41) is 13.0. The van der Waals surface area contributed by atoms with E-state index in [1.54, 1.807) is 6.20 Å². The molecule has 6 aromatic heterocycles. The number of hydrogen-bond acceptors (Lipinski definition) is 18. The second kappa shape index (κ2) is 38.6. The van der Waals surface area contributed by atoms with Gasteiger partial charge in [0.1, 0.15) is 47.5 Å². The van der Waals surface area contributed by atoms with Crippen LogP contribution in [0.2, 0.25) is 0 Å². The third kappa shape index (κ3) is 19.1. The van der Waals surface area contributed by atoms with E-state index in [-0.39, 0.29) is 70.6 Å². The van der Waals surface area contributed by atoms with Crippen molar-refractivity contribution < 1.29 is 66.6 Å². The molecule has 5 aliphatic heterocycles. The van der Waals surface area contributed by atoms with E-state index in [0.29, 0.717) is 37.8 Å². The van der Waals surface area contributed by atoms with Gasteiger partial charge >= 0.3 is 31.5 Å². The smallest absolute Gasteiger partial charge is 0.453 e. The average Bonchev–Trinajstić information content (AvgIpc) is 1.58. The molecule has 0 saturated carbocycles. The minimum Gasteiger partial charge on any atom is -0.453 e. The monoisotopic (exact) mass is 1820 g/mol. The summed E-state index contributed by atoms with van der Waals surface area (Å²) in [7, 11) is 4.76. The second-order valence-electron chi connectivity index (χ2n) is 36.7. The standard InChI is InChI=1S/C44H55N9O6.C26H37BN4O5.C24H30BrN5O3/c1-24(2)35(50-42(56)58-7)39(54)52-19-9-11-33(52)38-46-22-31(48-38)28-14-12-27(13-15-28)29-16-17-30(37-34(29)26(5)21-45-37)32-23-47-41(49-32)44(6)18-10-20-53(44)40(55)36(25(3)4)51-43(57)59-8;1-16(2)21(30-24(33)34-7)23(32)31-14-8-9-20(31)22-28-15-19(29-22)17-10-12-18(13-11-17)27-35-25(3,4)26(5,6)36-27;1-13(2)19(29-23(32)33-5)21(31)30-10-6-9-24(30,4)22-27-12-17(28-22)15-7-8-16(25)18-14(3)11-26-20(15)18/h12-17,21-25,33,35-36,45H,9-11,18-20H2,1-8H3,(H,46,48)(H,47,49)(H,50,56)(H,51,57);10-13,15-16,20-21H,8-9,14H2,1-7H3,(H,28,29)(H,30,33);7-8,11-13,19,26H,6,9-10H2,1-5H3,(H,27,28)(H,29,32)/t33-,35-,36-,44-;20-,21-;19-,24-/m000/s1. The van der Waals surface area contributed by atoms with E-state index in [9.17, 15) is 38.4 Å². The Labute approximate surface area is 755 Å². The zero-order valence-corrected chi connectivity index (χ0v) is 78.5. The molecule has 0 radical (unpaired) electrons. The van der Waals surface area contributed by atoms with Crippen LogP contribution in [0.5, 0.6) is 0 Å². The first-order valence-corrected chi connectivity index (χ1v) is 44.9. The van der Waals surface area contributed by atoms with Gasteiger partial charge < -0.3 is 99.0 Å². The Balaban J connectivity index is 0.000000174. The first-order valence-electron chi connectivity index (χ1n) is 44.1. The molecule has 0 unspecified atom stereocenters. The third-order valence-corrected chi connectivity index (χ3v) is 27.0. The fourth-order valence-electron chi connectivity index (χ4n) is 18.1. The molecule has 5 fully saturated rings. The number of carbonyl (C=O) groups is 8. The molecule has 5 aliphatic rings. The zero-order valence-electron chi connectivity index (χ0n) is 76.9. The minimum atomic E-state index is -0.726. The number of nitrogens with one attached hydrogen (secondary N) is 10. The number of benzene rings is 4. The van der Waals surface area contributed by atoms with Crippen molar-refractivity contribution >= 4 is 98.3 Å². The van der Waals surface area contributed by atoms with Gasteiger partial charge in [-0.3, -0.25) is 19.2 Å². The lowest BCUT2D eigenvalue weighted by molar-refractivity contribution is -0.139. The summed E-state index contributed by atoms with van der Waals surface area (Å²) >= 11 is 3.64. The fourth-order valence-corrected chi connectivity index (χ4v) is 18.8. The van der Waals surface area contributed by atoms with Crippen molar-refractivity contribution in [3.8, 4) is 56.2 Å². The van der Waals surface area contributed by atoms with Crippen LogP contribution in [0.4, 0.5) is 19.2 Å². The van der Waals surface area contributed by atoms with Crippen LogP contribution in [0.25, 0.3) is 78.0 Å². The van der Waals surface area contributed by atoms with Gasteiger partial charge in [-0.25, -0.2) is 39.1 Å². The van der Waals surface area contributed by atoms with E-state index in [1.807, 2.05) is 178 Å². The van der Waals surface area contributed by atoms with Gasteiger partial charge in [0.2, 0.25) is 23.6 Å². The number of alkyl carbamates (subject to hydrolysis) is 4. The molecule has 128 heavy (non-hydrogen) atoms. The molecule has 682 valence electrons. The quantitative estimate of drug-likeness (QED) is 0.0222. The van der Waals surface area contributed by atoms with Crippen LogP contribution in [0.3, 0.4) is 0 Å². The van der Waals surface area contributed by atoms with Crippen molar-refractivity contribution in [1.29, 1.82) is 0 Å². The van der Waals surface area contributed by atoms with Crippen LogP contribution >= 0.6 is 15.9 Å². The predicted molar refractivity (Wildman–Crippen MR) is 492 cm³/mol. The molecular weight excluding hydrogens is 1700 g/mol. The van der Waals surface area contributed by atoms with Gasteiger partial charge in [-0.2, -0.15) is 0 Å². The molecule has 10 aromatic rings. The highest BCUT2D eigenvalue weighted by Crippen LogP contribution is 2.45. The lowest BCUT2D eigenvalue weighted by Gasteiger charge is -2.37. The Bertz CT molecular complexity index is 5670. The molecule has 5 saturated heterocycles. The van der Waals surface area contributed by atoms with Gasteiger partial charge in [0.15, 0.2) is 0 Å². The number of halogens is 1. The number of likely N-dealkylation sites (tertiary alicyclic amines) is 4. The van der Waals surface area contributed by atoms with Crippen molar-refractivity contribution in [2.45, 2.75) is 221 Å². The number of aryl methyl sites for hydroxylation is 2. The summed E-state index contributed by atoms with van der Waals surface area (Å²) in [6.07, 6.45) is 15.3. The van der Waals surface area contributed by atoms with Gasteiger partial charge in [-0.15, -0.1) is 0 Å². The normalized spacial score (nSPS) is 19.8. The Hall–Kier alpha value is -11.8. The number of imidazole rings is 4. The van der Waals surface area contributed by atoms with Gasteiger partial charge in [-0.05, 0) is 181 Å². The number of methoxy groups -OCH3 is 4. The number of rotatable bonds is 22. The van der Waals surface area contributed by atoms with Crippen molar-refractivity contribution in [3.05, 3.63) is 149 Å². The van der Waals surface area contributed by atoms with E-state index in [2.05, 4.69) is 128 Å². The Morgan fingerprint density at radius 1 is 0.438 bits per heavy atom. The number of aromatic nitrogens is 10. The van der Waals surface area contributed by atoms with Crippen LogP contribution in [-0.2, 0) is 58.5 Å². The maximum atomic E-state index is 13.9. The van der Waals surface area contributed by atoms with Crippen LogP contribution in [-0.4, -0.2) is 215 Å².